The van der Waals surface area contributed by atoms with Gasteiger partial charge in [-0.3, -0.25) is 14.6 Å². The summed E-state index contributed by atoms with van der Waals surface area (Å²) in [7, 11) is 0. The van der Waals surface area contributed by atoms with Crippen LogP contribution in [0.2, 0.25) is 5.02 Å². The summed E-state index contributed by atoms with van der Waals surface area (Å²) in [6.45, 7) is 0. The van der Waals surface area contributed by atoms with Gasteiger partial charge < -0.3 is 21.7 Å². The Morgan fingerprint density at radius 3 is 2.14 bits per heavy atom. The van der Waals surface area contributed by atoms with Gasteiger partial charge in [0, 0.05) is 21.7 Å². The molecular weight excluding hydrogens is 535 g/mol. The van der Waals surface area contributed by atoms with Crippen molar-refractivity contribution in [1.29, 1.82) is 0 Å². The second-order valence-electron chi connectivity index (χ2n) is 7.63. The number of benzene rings is 1. The number of nitrogens with two attached hydrogens (primary N) is 2. The molecule has 2 aromatic heterocycles. The molecule has 1 amide bonds. The molecular formula is C24H23ClF3N3O5S. The van der Waals surface area contributed by atoms with Gasteiger partial charge in [0.2, 0.25) is 0 Å². The summed E-state index contributed by atoms with van der Waals surface area (Å²) in [6, 6.07) is 11.4. The second kappa shape index (κ2) is 13.2. The van der Waals surface area contributed by atoms with E-state index in [1.54, 1.807) is 41.8 Å². The van der Waals surface area contributed by atoms with E-state index in [0.717, 1.165) is 24.1 Å². The van der Waals surface area contributed by atoms with Crippen LogP contribution in [0.1, 0.15) is 44.6 Å². The molecule has 0 spiro atoms. The van der Waals surface area contributed by atoms with E-state index in [4.69, 9.17) is 38.1 Å². The summed E-state index contributed by atoms with van der Waals surface area (Å²) in [6.07, 6.45) is 1.15. The number of alkyl halides is 3. The summed E-state index contributed by atoms with van der Waals surface area (Å²) in [5.41, 5.74) is 14.4. The Morgan fingerprint density at radius 2 is 1.62 bits per heavy atom. The zero-order valence-corrected chi connectivity index (χ0v) is 20.7. The fourth-order valence-electron chi connectivity index (χ4n) is 3.38. The minimum Gasteiger partial charge on any atom is -0.480 e. The number of hydrogen-bond acceptors (Lipinski definition) is 6. The van der Waals surface area contributed by atoms with Crippen molar-refractivity contribution in [3.8, 4) is 11.3 Å². The molecule has 0 saturated carbocycles. The van der Waals surface area contributed by atoms with Gasteiger partial charge in [-0.25, -0.2) is 4.79 Å². The number of carbonyl (C=O) groups excluding carboxylic acids is 1. The van der Waals surface area contributed by atoms with E-state index in [0.29, 0.717) is 15.5 Å². The lowest BCUT2D eigenvalue weighted by atomic mass is 9.93. The van der Waals surface area contributed by atoms with Crippen LogP contribution < -0.4 is 11.5 Å². The SMILES string of the molecule is NC(=O)c1sc2c(c1-c1ccccn1)CCCC2.N[C@H](C(=O)O)c1ccccc1Cl.O=C(O)C(F)(F)F. The fourth-order valence-corrected chi connectivity index (χ4v) is 4.89. The van der Waals surface area contributed by atoms with Crippen molar-refractivity contribution >= 4 is 40.8 Å². The molecule has 8 nitrogen and oxygen atoms in total. The highest BCUT2D eigenvalue weighted by molar-refractivity contribution is 7.14. The van der Waals surface area contributed by atoms with Gasteiger partial charge in [0.15, 0.2) is 0 Å². The highest BCUT2D eigenvalue weighted by atomic mass is 35.5. The molecule has 2 heterocycles. The molecule has 1 aliphatic carbocycles. The third-order valence-electron chi connectivity index (χ3n) is 5.06. The molecule has 0 saturated heterocycles. The number of aromatic nitrogens is 1. The van der Waals surface area contributed by atoms with Crippen molar-refractivity contribution in [3.05, 3.63) is 74.6 Å². The van der Waals surface area contributed by atoms with Gasteiger partial charge in [-0.1, -0.05) is 35.9 Å². The van der Waals surface area contributed by atoms with Gasteiger partial charge >= 0.3 is 18.1 Å². The number of hydrogen-bond donors (Lipinski definition) is 4. The first-order valence-corrected chi connectivity index (χ1v) is 11.9. The van der Waals surface area contributed by atoms with Crippen LogP contribution in [0.4, 0.5) is 13.2 Å². The molecule has 1 atom stereocenters. The Kier molecular flexibility index (Phi) is 10.6. The number of fused-ring (bicyclic) bond motifs is 1. The maximum Gasteiger partial charge on any atom is 0.490 e. The number of aryl methyl sites for hydroxylation is 1. The molecule has 1 aliphatic rings. The lowest BCUT2D eigenvalue weighted by Crippen LogP contribution is -2.21. The molecule has 0 bridgehead atoms. The van der Waals surface area contributed by atoms with Crippen LogP contribution in [-0.2, 0) is 22.4 Å². The zero-order valence-electron chi connectivity index (χ0n) is 19.2. The number of rotatable bonds is 4. The van der Waals surface area contributed by atoms with Crippen molar-refractivity contribution in [3.63, 3.8) is 0 Å². The number of nitrogens with zero attached hydrogens (tertiary/aromatic N) is 1. The Bertz CT molecular complexity index is 1250. The molecule has 198 valence electrons. The Morgan fingerprint density at radius 1 is 1.03 bits per heavy atom. The summed E-state index contributed by atoms with van der Waals surface area (Å²) in [5, 5.41) is 16.1. The smallest absolute Gasteiger partial charge is 0.480 e. The number of carboxylic acids is 2. The molecule has 0 radical (unpaired) electrons. The topological polar surface area (TPSA) is 157 Å². The summed E-state index contributed by atoms with van der Waals surface area (Å²) < 4.78 is 31.7. The molecule has 0 fully saturated rings. The first kappa shape index (κ1) is 29.7. The van der Waals surface area contributed by atoms with E-state index in [9.17, 15) is 22.8 Å². The zero-order chi connectivity index (χ0) is 27.8. The third-order valence-corrected chi connectivity index (χ3v) is 6.72. The van der Waals surface area contributed by atoms with Crippen LogP contribution in [-0.4, -0.2) is 39.2 Å². The molecule has 0 aliphatic heterocycles. The lowest BCUT2D eigenvalue weighted by Gasteiger charge is -2.12. The van der Waals surface area contributed by atoms with Crippen LogP contribution in [0.5, 0.6) is 0 Å². The molecule has 37 heavy (non-hydrogen) atoms. The van der Waals surface area contributed by atoms with Gasteiger partial charge in [-0.15, -0.1) is 11.3 Å². The van der Waals surface area contributed by atoms with E-state index in [1.165, 1.54) is 23.3 Å². The molecule has 4 rings (SSSR count). The van der Waals surface area contributed by atoms with Crippen molar-refractivity contribution in [1.82, 2.24) is 4.98 Å². The average molecular weight is 558 g/mol. The maximum absolute atomic E-state index is 11.6. The summed E-state index contributed by atoms with van der Waals surface area (Å²) in [5.74, 6) is -4.18. The summed E-state index contributed by atoms with van der Waals surface area (Å²) in [4.78, 5) is 37.3. The Labute approximate surface area is 218 Å². The van der Waals surface area contributed by atoms with Crippen molar-refractivity contribution in [2.75, 3.05) is 0 Å². The van der Waals surface area contributed by atoms with Crippen LogP contribution >= 0.6 is 22.9 Å². The lowest BCUT2D eigenvalue weighted by molar-refractivity contribution is -0.192. The van der Waals surface area contributed by atoms with Crippen LogP contribution in [0.15, 0.2) is 48.7 Å². The van der Waals surface area contributed by atoms with Crippen molar-refractivity contribution in [2.24, 2.45) is 11.5 Å². The Balaban J connectivity index is 0.000000219. The number of aliphatic carboxylic acids is 2. The highest BCUT2D eigenvalue weighted by Gasteiger charge is 2.38. The molecule has 13 heteroatoms. The van der Waals surface area contributed by atoms with Gasteiger partial charge in [0.1, 0.15) is 10.9 Å². The van der Waals surface area contributed by atoms with Gasteiger partial charge in [-0.2, -0.15) is 13.2 Å². The van der Waals surface area contributed by atoms with Crippen LogP contribution in [0.3, 0.4) is 0 Å². The van der Waals surface area contributed by atoms with Gasteiger partial charge in [0.25, 0.3) is 5.91 Å². The van der Waals surface area contributed by atoms with Gasteiger partial charge in [0.05, 0.1) is 5.69 Å². The number of thiophene rings is 1. The number of carbonyl (C=O) groups is 3. The monoisotopic (exact) mass is 557 g/mol. The number of pyridine rings is 1. The molecule has 3 aromatic rings. The van der Waals surface area contributed by atoms with E-state index >= 15 is 0 Å². The first-order valence-electron chi connectivity index (χ1n) is 10.7. The van der Waals surface area contributed by atoms with Crippen molar-refractivity contribution in [2.45, 2.75) is 37.9 Å². The minimum atomic E-state index is -5.08. The summed E-state index contributed by atoms with van der Waals surface area (Å²) >= 11 is 7.27. The molecule has 1 aromatic carbocycles. The number of amides is 1. The quantitative estimate of drug-likeness (QED) is 0.357. The average Bonchev–Trinajstić information content (AvgIpc) is 3.25. The third kappa shape index (κ3) is 8.27. The molecule has 6 N–H and O–H groups in total. The first-order chi connectivity index (χ1) is 17.3. The second-order valence-corrected chi connectivity index (χ2v) is 9.15. The standard InChI is InChI=1S/C14H14N2OS.C8H8ClNO2.C2HF3O2/c15-14(17)13-12(10-6-3-4-8-16-10)9-5-1-2-7-11(9)18-13;9-6-4-2-1-3-5(6)7(10)8(11)12;3-2(4,5)1(6)7/h3-4,6,8H,1-2,5,7H2,(H2,15,17);1-4,7H,10H2,(H,11,12);(H,6,7)/t;7-;/m.0./s1. The van der Waals surface area contributed by atoms with E-state index in [1.807, 2.05) is 18.2 Å². The number of halogens is 4. The predicted molar refractivity (Wildman–Crippen MR) is 132 cm³/mol. The number of primary amides is 1. The maximum atomic E-state index is 11.6. The van der Waals surface area contributed by atoms with Gasteiger partial charge in [-0.05, 0) is 55.0 Å². The molecule has 0 unspecified atom stereocenters. The van der Waals surface area contributed by atoms with Crippen molar-refractivity contribution < 1.29 is 37.8 Å². The fraction of sp³-hybridized carbons (Fsp3) is 0.250. The van der Waals surface area contributed by atoms with Crippen LogP contribution in [0, 0.1) is 0 Å². The highest BCUT2D eigenvalue weighted by Crippen LogP contribution is 2.39. The minimum absolute atomic E-state index is 0.338. The van der Waals surface area contributed by atoms with E-state index < -0.39 is 24.2 Å². The van der Waals surface area contributed by atoms with Crippen LogP contribution in [0.25, 0.3) is 11.3 Å². The predicted octanol–water partition coefficient (Wildman–Crippen LogP) is 4.85. The Hall–Kier alpha value is -3.48. The largest absolute Gasteiger partial charge is 0.490 e. The van der Waals surface area contributed by atoms with E-state index in [2.05, 4.69) is 4.98 Å². The number of carboxylic acid groups (broad SMARTS) is 2. The normalized spacial score (nSPS) is 13.1. The van der Waals surface area contributed by atoms with E-state index in [-0.39, 0.29) is 5.91 Å².